The SMILES string of the molecule is Cc1ccc(C(=O)N(C)CCc2ccccn2)cc1NC(=O)c1ccccc1F. The lowest BCUT2D eigenvalue weighted by atomic mass is 10.1. The molecule has 3 aromatic rings. The average molecular weight is 391 g/mol. The van der Waals surface area contributed by atoms with Gasteiger partial charge >= 0.3 is 0 Å². The Morgan fingerprint density at radius 2 is 1.83 bits per heavy atom. The third-order valence-corrected chi connectivity index (χ3v) is 4.63. The number of benzene rings is 2. The summed E-state index contributed by atoms with van der Waals surface area (Å²) in [7, 11) is 1.72. The van der Waals surface area contributed by atoms with Gasteiger partial charge in [0.2, 0.25) is 0 Å². The quantitative estimate of drug-likeness (QED) is 0.688. The molecule has 0 atom stereocenters. The summed E-state index contributed by atoms with van der Waals surface area (Å²) in [4.78, 5) is 31.1. The minimum absolute atomic E-state index is 0.0453. The number of aryl methyl sites for hydroxylation is 1. The Morgan fingerprint density at radius 3 is 2.55 bits per heavy atom. The Hall–Kier alpha value is -3.54. The molecule has 0 bridgehead atoms. The van der Waals surface area contributed by atoms with Crippen LogP contribution in [0.3, 0.4) is 0 Å². The van der Waals surface area contributed by atoms with Crippen LogP contribution in [-0.2, 0) is 6.42 Å². The van der Waals surface area contributed by atoms with E-state index in [-0.39, 0.29) is 11.5 Å². The molecule has 0 radical (unpaired) electrons. The first-order chi connectivity index (χ1) is 14.0. The van der Waals surface area contributed by atoms with E-state index in [0.29, 0.717) is 24.2 Å². The maximum Gasteiger partial charge on any atom is 0.258 e. The highest BCUT2D eigenvalue weighted by Gasteiger charge is 2.16. The van der Waals surface area contributed by atoms with Crippen LogP contribution in [-0.4, -0.2) is 35.3 Å². The number of hydrogen-bond donors (Lipinski definition) is 1. The minimum atomic E-state index is -0.593. The molecule has 1 aromatic heterocycles. The van der Waals surface area contributed by atoms with Gasteiger partial charge in [0.25, 0.3) is 11.8 Å². The second-order valence-electron chi connectivity index (χ2n) is 6.76. The predicted molar refractivity (Wildman–Crippen MR) is 110 cm³/mol. The number of hydrogen-bond acceptors (Lipinski definition) is 3. The third kappa shape index (κ3) is 5.04. The molecule has 0 aliphatic heterocycles. The zero-order chi connectivity index (χ0) is 20.8. The number of rotatable bonds is 6. The smallest absolute Gasteiger partial charge is 0.258 e. The second kappa shape index (κ2) is 9.10. The fourth-order valence-corrected chi connectivity index (χ4v) is 2.87. The molecule has 1 N–H and O–H groups in total. The molecule has 29 heavy (non-hydrogen) atoms. The van der Waals surface area contributed by atoms with Gasteiger partial charge in [0, 0.05) is 43.2 Å². The number of carbonyl (C=O) groups excluding carboxylic acids is 2. The normalized spacial score (nSPS) is 10.4. The Labute approximate surface area is 169 Å². The van der Waals surface area contributed by atoms with E-state index < -0.39 is 11.7 Å². The standard InChI is InChI=1S/C23H22FN3O2/c1-16-10-11-17(23(29)27(2)14-12-18-7-5-6-13-25-18)15-21(16)26-22(28)19-8-3-4-9-20(19)24/h3-11,13,15H,12,14H2,1-2H3,(H,26,28). The van der Waals surface area contributed by atoms with Crippen molar-refractivity contribution in [3.63, 3.8) is 0 Å². The molecule has 0 spiro atoms. The van der Waals surface area contributed by atoms with Crippen LogP contribution in [0.4, 0.5) is 10.1 Å². The number of halogens is 1. The van der Waals surface area contributed by atoms with E-state index in [1.165, 1.54) is 18.2 Å². The number of likely N-dealkylation sites (N-methyl/N-ethyl adjacent to an activating group) is 1. The summed E-state index contributed by atoms with van der Waals surface area (Å²) in [5.74, 6) is -1.31. The maximum absolute atomic E-state index is 13.9. The lowest BCUT2D eigenvalue weighted by Crippen LogP contribution is -2.29. The fraction of sp³-hybridized carbons (Fsp3) is 0.174. The van der Waals surface area contributed by atoms with Gasteiger partial charge in [0.05, 0.1) is 5.56 Å². The maximum atomic E-state index is 13.9. The Morgan fingerprint density at radius 1 is 1.07 bits per heavy atom. The van der Waals surface area contributed by atoms with Crippen molar-refractivity contribution in [2.75, 3.05) is 18.9 Å². The van der Waals surface area contributed by atoms with Gasteiger partial charge in [-0.2, -0.15) is 0 Å². The van der Waals surface area contributed by atoms with Gasteiger partial charge in [-0.15, -0.1) is 0 Å². The summed E-state index contributed by atoms with van der Waals surface area (Å²) >= 11 is 0. The van der Waals surface area contributed by atoms with Gasteiger partial charge < -0.3 is 10.2 Å². The van der Waals surface area contributed by atoms with E-state index in [1.54, 1.807) is 42.4 Å². The van der Waals surface area contributed by atoms with Crippen LogP contribution in [0.2, 0.25) is 0 Å². The van der Waals surface area contributed by atoms with Crippen molar-refractivity contribution in [2.45, 2.75) is 13.3 Å². The number of pyridine rings is 1. The third-order valence-electron chi connectivity index (χ3n) is 4.63. The minimum Gasteiger partial charge on any atom is -0.341 e. The van der Waals surface area contributed by atoms with Crippen molar-refractivity contribution in [2.24, 2.45) is 0 Å². The van der Waals surface area contributed by atoms with Crippen molar-refractivity contribution < 1.29 is 14.0 Å². The Kier molecular flexibility index (Phi) is 6.34. The van der Waals surface area contributed by atoms with E-state index >= 15 is 0 Å². The summed E-state index contributed by atoms with van der Waals surface area (Å²) < 4.78 is 13.9. The molecule has 0 aliphatic rings. The molecule has 2 aromatic carbocycles. The van der Waals surface area contributed by atoms with Crippen LogP contribution in [0.25, 0.3) is 0 Å². The van der Waals surface area contributed by atoms with Crippen molar-refractivity contribution in [1.29, 1.82) is 0 Å². The highest BCUT2D eigenvalue weighted by atomic mass is 19.1. The van der Waals surface area contributed by atoms with Crippen molar-refractivity contribution in [3.8, 4) is 0 Å². The number of aromatic nitrogens is 1. The lowest BCUT2D eigenvalue weighted by molar-refractivity contribution is 0.0796. The first-order valence-electron chi connectivity index (χ1n) is 9.27. The van der Waals surface area contributed by atoms with E-state index in [4.69, 9.17) is 0 Å². The Bertz CT molecular complexity index is 1020. The van der Waals surface area contributed by atoms with Crippen molar-refractivity contribution in [1.82, 2.24) is 9.88 Å². The number of nitrogens with zero attached hydrogens (tertiary/aromatic N) is 2. The molecule has 5 nitrogen and oxygen atoms in total. The van der Waals surface area contributed by atoms with Gasteiger partial charge in [-0.05, 0) is 48.9 Å². The van der Waals surface area contributed by atoms with E-state index in [9.17, 15) is 14.0 Å². The average Bonchev–Trinajstić information content (AvgIpc) is 2.74. The molecule has 0 saturated carbocycles. The molecular weight excluding hydrogens is 369 g/mol. The van der Waals surface area contributed by atoms with Crippen LogP contribution < -0.4 is 5.32 Å². The monoisotopic (exact) mass is 391 g/mol. The van der Waals surface area contributed by atoms with E-state index in [0.717, 1.165) is 11.3 Å². The molecule has 6 heteroatoms. The van der Waals surface area contributed by atoms with Crippen LogP contribution in [0, 0.1) is 12.7 Å². The molecule has 3 rings (SSSR count). The number of anilines is 1. The molecule has 0 aliphatic carbocycles. The van der Waals surface area contributed by atoms with Gasteiger partial charge in [-0.25, -0.2) is 4.39 Å². The second-order valence-corrected chi connectivity index (χ2v) is 6.76. The van der Waals surface area contributed by atoms with Gasteiger partial charge in [-0.1, -0.05) is 24.3 Å². The zero-order valence-electron chi connectivity index (χ0n) is 16.4. The molecular formula is C23H22FN3O2. The van der Waals surface area contributed by atoms with Crippen LogP contribution >= 0.6 is 0 Å². The summed E-state index contributed by atoms with van der Waals surface area (Å²) in [6.07, 6.45) is 2.37. The van der Waals surface area contributed by atoms with Crippen LogP contribution in [0.5, 0.6) is 0 Å². The molecule has 148 valence electrons. The molecule has 0 unspecified atom stereocenters. The number of carbonyl (C=O) groups is 2. The van der Waals surface area contributed by atoms with Crippen molar-refractivity contribution in [3.05, 3.63) is 95.1 Å². The first kappa shape index (κ1) is 20.2. The summed E-state index contributed by atoms with van der Waals surface area (Å²) in [5, 5.41) is 2.70. The van der Waals surface area contributed by atoms with Crippen LogP contribution in [0.15, 0.2) is 66.9 Å². The summed E-state index contributed by atoms with van der Waals surface area (Å²) in [6.45, 7) is 2.33. The predicted octanol–water partition coefficient (Wildman–Crippen LogP) is 4.10. The zero-order valence-corrected chi connectivity index (χ0v) is 16.4. The lowest BCUT2D eigenvalue weighted by Gasteiger charge is -2.18. The summed E-state index contributed by atoms with van der Waals surface area (Å²) in [5.41, 5.74) is 2.57. The molecule has 1 heterocycles. The highest BCUT2D eigenvalue weighted by Crippen LogP contribution is 2.20. The van der Waals surface area contributed by atoms with Gasteiger partial charge in [-0.3, -0.25) is 14.6 Å². The molecule has 0 saturated heterocycles. The Balaban J connectivity index is 1.71. The van der Waals surface area contributed by atoms with Gasteiger partial charge in [0.1, 0.15) is 5.82 Å². The van der Waals surface area contributed by atoms with Gasteiger partial charge in [0.15, 0.2) is 0 Å². The fourth-order valence-electron chi connectivity index (χ4n) is 2.87. The van der Waals surface area contributed by atoms with Crippen LogP contribution in [0.1, 0.15) is 32.0 Å². The number of nitrogens with one attached hydrogen (secondary N) is 1. The molecule has 0 fully saturated rings. The highest BCUT2D eigenvalue weighted by molar-refractivity contribution is 6.05. The van der Waals surface area contributed by atoms with Crippen molar-refractivity contribution >= 4 is 17.5 Å². The first-order valence-corrected chi connectivity index (χ1v) is 9.27. The molecule has 2 amide bonds. The number of amides is 2. The van der Waals surface area contributed by atoms with E-state index in [2.05, 4.69) is 10.3 Å². The topological polar surface area (TPSA) is 62.3 Å². The van der Waals surface area contributed by atoms with E-state index in [1.807, 2.05) is 25.1 Å². The largest absolute Gasteiger partial charge is 0.341 e. The summed E-state index contributed by atoms with van der Waals surface area (Å²) in [6, 6.07) is 16.5.